The number of carbonyl (C=O) groups is 4. The number of hydrogen-bond acceptors (Lipinski definition) is 5. The molecule has 0 radical (unpaired) electrons. The van der Waals surface area contributed by atoms with Crippen LogP contribution >= 0.6 is 0 Å². The van der Waals surface area contributed by atoms with E-state index >= 15 is 0 Å². The van der Waals surface area contributed by atoms with Crippen molar-refractivity contribution in [2.24, 2.45) is 5.92 Å². The first-order valence-corrected chi connectivity index (χ1v) is 11.1. The molecule has 0 aliphatic carbocycles. The molecule has 31 heavy (non-hydrogen) atoms. The predicted molar refractivity (Wildman–Crippen MR) is 113 cm³/mol. The lowest BCUT2D eigenvalue weighted by Crippen LogP contribution is -2.61. The number of nitrogens with zero attached hydrogens (tertiary/aromatic N) is 5. The first-order valence-electron chi connectivity index (χ1n) is 11.1. The van der Waals surface area contributed by atoms with E-state index in [1.54, 1.807) is 31.6 Å². The van der Waals surface area contributed by atoms with Gasteiger partial charge in [-0.1, -0.05) is 13.8 Å². The number of piperazine rings is 2. The normalized spacial score (nSPS) is 24.4. The molecule has 10 heteroatoms. The highest BCUT2D eigenvalue weighted by molar-refractivity contribution is 5.92. The molecular weight excluding hydrogens is 402 g/mol. The van der Waals surface area contributed by atoms with Crippen LogP contribution in [0.1, 0.15) is 27.2 Å². The van der Waals surface area contributed by atoms with E-state index in [4.69, 9.17) is 4.74 Å². The summed E-state index contributed by atoms with van der Waals surface area (Å²) >= 11 is 0. The van der Waals surface area contributed by atoms with Gasteiger partial charge in [0.05, 0.1) is 12.6 Å². The van der Waals surface area contributed by atoms with Crippen LogP contribution in [0.5, 0.6) is 0 Å². The molecule has 0 bridgehead atoms. The number of rotatable bonds is 7. The van der Waals surface area contributed by atoms with Gasteiger partial charge >= 0.3 is 6.03 Å². The number of carbonyl (C=O) groups excluding carboxylic acids is 4. The molecular formula is C21H35N5O5. The number of hydrogen-bond donors (Lipinski definition) is 0. The van der Waals surface area contributed by atoms with Gasteiger partial charge in [0.1, 0.15) is 12.6 Å². The molecule has 3 saturated heterocycles. The second-order valence-corrected chi connectivity index (χ2v) is 9.03. The molecule has 0 aromatic heterocycles. The van der Waals surface area contributed by atoms with Crippen molar-refractivity contribution in [1.29, 1.82) is 0 Å². The number of amides is 5. The summed E-state index contributed by atoms with van der Waals surface area (Å²) in [5.41, 5.74) is 0. The lowest BCUT2D eigenvalue weighted by Gasteiger charge is -2.42. The Balaban J connectivity index is 1.66. The Morgan fingerprint density at radius 2 is 1.65 bits per heavy atom. The molecule has 5 amide bonds. The third kappa shape index (κ3) is 5.11. The van der Waals surface area contributed by atoms with Crippen molar-refractivity contribution in [3.8, 4) is 0 Å². The minimum absolute atomic E-state index is 0.00651. The van der Waals surface area contributed by atoms with E-state index < -0.39 is 6.04 Å². The highest BCUT2D eigenvalue weighted by atomic mass is 16.5. The van der Waals surface area contributed by atoms with Gasteiger partial charge in [-0.3, -0.25) is 14.4 Å². The maximum atomic E-state index is 13.2. The maximum Gasteiger partial charge on any atom is 0.321 e. The van der Waals surface area contributed by atoms with E-state index in [0.717, 1.165) is 0 Å². The van der Waals surface area contributed by atoms with E-state index in [9.17, 15) is 19.2 Å². The molecule has 3 aliphatic rings. The second-order valence-electron chi connectivity index (χ2n) is 9.03. The largest absolute Gasteiger partial charge is 0.383 e. The SMILES string of the molecule is COCCN1C[C@@H]2CN(CC(=O)N3CCN(C(C)=O)CC3)C(=O)N2[C@@H](CC(C)C)C1=O. The van der Waals surface area contributed by atoms with E-state index in [0.29, 0.717) is 58.8 Å². The van der Waals surface area contributed by atoms with Crippen molar-refractivity contribution < 1.29 is 23.9 Å². The molecule has 2 atom stereocenters. The van der Waals surface area contributed by atoms with Crippen LogP contribution in [-0.4, -0.2) is 126 Å². The molecule has 0 aromatic carbocycles. The quantitative estimate of drug-likeness (QED) is 0.545. The Morgan fingerprint density at radius 3 is 2.23 bits per heavy atom. The van der Waals surface area contributed by atoms with E-state index in [-0.39, 0.29) is 42.3 Å². The highest BCUT2D eigenvalue weighted by Gasteiger charge is 2.49. The van der Waals surface area contributed by atoms with E-state index in [2.05, 4.69) is 0 Å². The molecule has 3 rings (SSSR count). The first-order chi connectivity index (χ1) is 14.7. The highest BCUT2D eigenvalue weighted by Crippen LogP contribution is 2.29. The monoisotopic (exact) mass is 437 g/mol. The van der Waals surface area contributed by atoms with Crippen LogP contribution in [0.2, 0.25) is 0 Å². The van der Waals surface area contributed by atoms with Crippen LogP contribution in [0.4, 0.5) is 4.79 Å². The van der Waals surface area contributed by atoms with Gasteiger partial charge in [0.25, 0.3) is 0 Å². The number of urea groups is 1. The van der Waals surface area contributed by atoms with Gasteiger partial charge in [-0.05, 0) is 12.3 Å². The van der Waals surface area contributed by atoms with Crippen LogP contribution in [-0.2, 0) is 19.1 Å². The van der Waals surface area contributed by atoms with Gasteiger partial charge in [0, 0.05) is 59.8 Å². The zero-order valence-corrected chi connectivity index (χ0v) is 19.1. The van der Waals surface area contributed by atoms with Crippen molar-refractivity contribution in [1.82, 2.24) is 24.5 Å². The topological polar surface area (TPSA) is 93.7 Å². The summed E-state index contributed by atoms with van der Waals surface area (Å²) in [6.07, 6.45) is 0.597. The zero-order chi connectivity index (χ0) is 22.7. The molecule has 0 aromatic rings. The van der Waals surface area contributed by atoms with Crippen LogP contribution < -0.4 is 0 Å². The summed E-state index contributed by atoms with van der Waals surface area (Å²) in [6, 6.07) is -0.846. The summed E-state index contributed by atoms with van der Waals surface area (Å²) in [6.45, 7) is 9.46. The Hall–Kier alpha value is -2.36. The third-order valence-electron chi connectivity index (χ3n) is 6.34. The summed E-state index contributed by atoms with van der Waals surface area (Å²) in [7, 11) is 1.61. The summed E-state index contributed by atoms with van der Waals surface area (Å²) < 4.78 is 5.15. The smallest absolute Gasteiger partial charge is 0.321 e. The molecule has 0 spiro atoms. The van der Waals surface area contributed by atoms with Crippen molar-refractivity contribution >= 4 is 23.8 Å². The third-order valence-corrected chi connectivity index (χ3v) is 6.34. The molecule has 3 fully saturated rings. The fourth-order valence-electron chi connectivity index (χ4n) is 4.68. The molecule has 0 N–H and O–H groups in total. The molecule has 0 saturated carbocycles. The fraction of sp³-hybridized carbons (Fsp3) is 0.810. The fourth-order valence-corrected chi connectivity index (χ4v) is 4.68. The summed E-state index contributed by atoms with van der Waals surface area (Å²) in [5, 5.41) is 0. The maximum absolute atomic E-state index is 13.2. The Bertz CT molecular complexity index is 706. The number of methoxy groups -OCH3 is 1. The van der Waals surface area contributed by atoms with E-state index in [1.807, 2.05) is 13.8 Å². The van der Waals surface area contributed by atoms with Crippen molar-refractivity contribution in [3.63, 3.8) is 0 Å². The van der Waals surface area contributed by atoms with Crippen LogP contribution in [0.3, 0.4) is 0 Å². The minimum Gasteiger partial charge on any atom is -0.383 e. The van der Waals surface area contributed by atoms with Crippen molar-refractivity contribution in [2.75, 3.05) is 66.1 Å². The first kappa shape index (κ1) is 23.3. The lowest BCUT2D eigenvalue weighted by molar-refractivity contribution is -0.143. The van der Waals surface area contributed by atoms with Gasteiger partial charge in [-0.2, -0.15) is 0 Å². The average Bonchev–Trinajstić information content (AvgIpc) is 3.03. The van der Waals surface area contributed by atoms with Crippen molar-refractivity contribution in [3.05, 3.63) is 0 Å². The van der Waals surface area contributed by atoms with Gasteiger partial charge in [-0.15, -0.1) is 0 Å². The summed E-state index contributed by atoms with van der Waals surface area (Å²) in [4.78, 5) is 59.1. The molecule has 10 nitrogen and oxygen atoms in total. The second kappa shape index (κ2) is 9.84. The predicted octanol–water partition coefficient (Wildman–Crippen LogP) is -0.313. The van der Waals surface area contributed by atoms with Gasteiger partial charge in [0.2, 0.25) is 17.7 Å². The van der Waals surface area contributed by atoms with Crippen molar-refractivity contribution in [2.45, 2.75) is 39.3 Å². The van der Waals surface area contributed by atoms with Crippen LogP contribution in [0.25, 0.3) is 0 Å². The molecule has 0 unspecified atom stereocenters. The van der Waals surface area contributed by atoms with Crippen LogP contribution in [0, 0.1) is 5.92 Å². The Labute approximate surface area is 184 Å². The number of ether oxygens (including phenoxy) is 1. The average molecular weight is 438 g/mol. The van der Waals surface area contributed by atoms with Gasteiger partial charge < -0.3 is 29.2 Å². The Morgan fingerprint density at radius 1 is 1.03 bits per heavy atom. The lowest BCUT2D eigenvalue weighted by atomic mass is 9.97. The number of fused-ring (bicyclic) bond motifs is 1. The van der Waals surface area contributed by atoms with Crippen LogP contribution in [0.15, 0.2) is 0 Å². The standard InChI is InChI=1S/C21H35N5O5/c1-15(2)11-18-20(29)24(9-10-31-4)12-17-13-25(21(30)26(17)18)14-19(28)23-7-5-22(6-8-23)16(3)27/h15,17-18H,5-14H2,1-4H3/t17-,18+/m1/s1. The molecule has 3 aliphatic heterocycles. The van der Waals surface area contributed by atoms with Gasteiger partial charge in [0.15, 0.2) is 0 Å². The zero-order valence-electron chi connectivity index (χ0n) is 19.1. The Kier molecular flexibility index (Phi) is 7.40. The molecule has 3 heterocycles. The molecule has 174 valence electrons. The van der Waals surface area contributed by atoms with E-state index in [1.165, 1.54) is 6.92 Å². The minimum atomic E-state index is -0.498. The van der Waals surface area contributed by atoms with Gasteiger partial charge in [-0.25, -0.2) is 4.79 Å². The summed E-state index contributed by atoms with van der Waals surface area (Å²) in [5.74, 6) is 0.124.